The quantitative estimate of drug-likeness (QED) is 0.179. The van der Waals surface area contributed by atoms with Crippen LogP contribution in [0.1, 0.15) is 36.6 Å². The number of allylic oxidation sites excluding steroid dienone is 2. The van der Waals surface area contributed by atoms with Gasteiger partial charge in [0.2, 0.25) is 0 Å². The predicted octanol–water partition coefficient (Wildman–Crippen LogP) is 12.1. The van der Waals surface area contributed by atoms with E-state index in [1.165, 1.54) is 77.6 Å². The van der Waals surface area contributed by atoms with E-state index in [4.69, 9.17) is 9.98 Å². The van der Waals surface area contributed by atoms with Gasteiger partial charge in [-0.3, -0.25) is 9.98 Å². The van der Waals surface area contributed by atoms with Crippen molar-refractivity contribution in [2.24, 2.45) is 10.9 Å². The Kier molecular flexibility index (Phi) is 7.17. The summed E-state index contributed by atoms with van der Waals surface area (Å²) in [6, 6.07) is 46.5. The van der Waals surface area contributed by atoms with E-state index < -0.39 is 0 Å². The number of nitrogens with zero attached hydrogens (tertiary/aromatic N) is 4. The number of aliphatic imine (C=N–C) groups is 1. The number of fused-ring (bicyclic) bond motifs is 6. The lowest BCUT2D eigenvalue weighted by atomic mass is 9.86. The van der Waals surface area contributed by atoms with E-state index in [-0.39, 0.29) is 0 Å². The molecule has 5 aromatic carbocycles. The number of hydrogen-bond donors (Lipinski definition) is 0. The average molecular weight is 671 g/mol. The molecule has 52 heavy (non-hydrogen) atoms. The molecule has 250 valence electrons. The molecule has 0 radical (unpaired) electrons. The third-order valence-corrected chi connectivity index (χ3v) is 11.1. The lowest BCUT2D eigenvalue weighted by Crippen LogP contribution is -2.18. The molecule has 0 spiro atoms. The van der Waals surface area contributed by atoms with Crippen LogP contribution in [0.5, 0.6) is 0 Å². The van der Waals surface area contributed by atoms with Gasteiger partial charge in [-0.1, -0.05) is 91.9 Å². The van der Waals surface area contributed by atoms with Gasteiger partial charge in [0.1, 0.15) is 0 Å². The van der Waals surface area contributed by atoms with Crippen LogP contribution in [-0.2, 0) is 6.42 Å². The van der Waals surface area contributed by atoms with Gasteiger partial charge in [0, 0.05) is 57.1 Å². The molecule has 0 bridgehead atoms. The number of para-hydroxylation sites is 2. The first-order valence-corrected chi connectivity index (χ1v) is 18.3. The van der Waals surface area contributed by atoms with Gasteiger partial charge in [0.15, 0.2) is 0 Å². The van der Waals surface area contributed by atoms with Crippen LogP contribution in [0.4, 0.5) is 0 Å². The van der Waals surface area contributed by atoms with Crippen molar-refractivity contribution in [2.45, 2.75) is 33.1 Å². The van der Waals surface area contributed by atoms with Crippen LogP contribution in [0.2, 0.25) is 0 Å². The summed E-state index contributed by atoms with van der Waals surface area (Å²) in [7, 11) is 0. The Labute approximate surface area is 303 Å². The summed E-state index contributed by atoms with van der Waals surface area (Å²) in [5.41, 5.74) is 17.0. The molecule has 1 unspecified atom stereocenters. The Morgan fingerprint density at radius 2 is 1.27 bits per heavy atom. The lowest BCUT2D eigenvalue weighted by molar-refractivity contribution is 0.767. The second-order valence-corrected chi connectivity index (χ2v) is 14.3. The number of aromatic nitrogens is 3. The third-order valence-electron chi connectivity index (χ3n) is 11.1. The molecular weight excluding hydrogens is 633 g/mol. The van der Waals surface area contributed by atoms with Crippen molar-refractivity contribution in [2.75, 3.05) is 0 Å². The van der Waals surface area contributed by atoms with E-state index in [0.717, 1.165) is 36.2 Å². The van der Waals surface area contributed by atoms with Gasteiger partial charge in [0.05, 0.1) is 27.9 Å². The van der Waals surface area contributed by atoms with Crippen molar-refractivity contribution in [3.8, 4) is 33.8 Å². The first-order chi connectivity index (χ1) is 25.6. The van der Waals surface area contributed by atoms with Crippen molar-refractivity contribution in [1.29, 1.82) is 0 Å². The predicted molar refractivity (Wildman–Crippen MR) is 218 cm³/mol. The average Bonchev–Trinajstić information content (AvgIpc) is 3.70. The first-order valence-electron chi connectivity index (χ1n) is 18.3. The molecule has 2 aliphatic rings. The monoisotopic (exact) mass is 670 g/mol. The summed E-state index contributed by atoms with van der Waals surface area (Å²) in [5.74, 6) is 0.449. The summed E-state index contributed by atoms with van der Waals surface area (Å²) in [6.45, 7) is 4.42. The van der Waals surface area contributed by atoms with Crippen LogP contribution in [0.15, 0.2) is 156 Å². The van der Waals surface area contributed by atoms with E-state index in [1.54, 1.807) is 0 Å². The summed E-state index contributed by atoms with van der Waals surface area (Å²) in [4.78, 5) is 9.55. The number of aryl methyl sites for hydroxylation is 2. The highest BCUT2D eigenvalue weighted by atomic mass is 15.0. The fourth-order valence-electron chi connectivity index (χ4n) is 8.54. The Morgan fingerprint density at radius 1 is 0.615 bits per heavy atom. The minimum atomic E-state index is 0.449. The highest BCUT2D eigenvalue weighted by Crippen LogP contribution is 2.39. The second-order valence-electron chi connectivity index (χ2n) is 14.3. The highest BCUT2D eigenvalue weighted by molar-refractivity contribution is 6.10. The zero-order chi connectivity index (χ0) is 34.8. The van der Waals surface area contributed by atoms with Gasteiger partial charge in [-0.2, -0.15) is 0 Å². The van der Waals surface area contributed by atoms with Crippen molar-refractivity contribution in [1.82, 2.24) is 14.1 Å². The smallest absolute Gasteiger partial charge is 0.0731 e. The number of rotatable bonds is 5. The first kappa shape index (κ1) is 30.6. The zero-order valence-corrected chi connectivity index (χ0v) is 29.4. The SMILES string of the molecule is Cc1cccnc1-c1ccc2c3ccccc3n(-c3ccc(-c4ccc(-n5c6c(c7ccccc75)CCC(C5=NC=CCC5C)=C6)cc4)cc3)c2c1. The van der Waals surface area contributed by atoms with Crippen LogP contribution < -0.4 is 0 Å². The molecular formula is C48H38N4. The van der Waals surface area contributed by atoms with Crippen LogP contribution in [-0.4, -0.2) is 19.8 Å². The Bertz CT molecular complexity index is 2770. The van der Waals surface area contributed by atoms with Gasteiger partial charge >= 0.3 is 0 Å². The topological polar surface area (TPSA) is 35.1 Å². The van der Waals surface area contributed by atoms with E-state index in [9.17, 15) is 0 Å². The molecule has 0 fully saturated rings. The molecule has 3 aromatic heterocycles. The number of benzene rings is 5. The Hall–Kier alpha value is -6.26. The maximum Gasteiger partial charge on any atom is 0.0731 e. The molecule has 0 saturated heterocycles. The molecule has 0 amide bonds. The van der Waals surface area contributed by atoms with E-state index in [1.807, 2.05) is 18.5 Å². The third kappa shape index (κ3) is 4.90. The van der Waals surface area contributed by atoms with Crippen molar-refractivity contribution in [3.05, 3.63) is 168 Å². The minimum Gasteiger partial charge on any atom is -0.310 e. The summed E-state index contributed by atoms with van der Waals surface area (Å²) < 4.78 is 4.83. The molecule has 1 atom stereocenters. The lowest BCUT2D eigenvalue weighted by Gasteiger charge is -2.22. The standard InChI is InChI=1S/C48H38N4/c1-31-9-7-27-49-47(31)35-19-25-41-39-11-3-5-13-43(39)51(45(41)29-35)37-21-15-33(16-22-37)34-17-23-38(24-18-34)52-44-14-6-4-12-40(44)42-26-20-36(30-46(42)52)48-32(2)10-8-28-50-48/h3-9,11-19,21-25,27-30,32H,10,20,26H2,1-2H3. The van der Waals surface area contributed by atoms with Crippen LogP contribution in [0.25, 0.3) is 72.5 Å². The number of hydrogen-bond acceptors (Lipinski definition) is 2. The van der Waals surface area contributed by atoms with E-state index >= 15 is 0 Å². The van der Waals surface area contributed by atoms with Gasteiger partial charge in [-0.05, 0) is 109 Å². The Morgan fingerprint density at radius 3 is 2.00 bits per heavy atom. The van der Waals surface area contributed by atoms with Crippen LogP contribution in [0.3, 0.4) is 0 Å². The minimum absolute atomic E-state index is 0.449. The molecule has 4 nitrogen and oxygen atoms in total. The molecule has 1 aliphatic heterocycles. The molecule has 0 N–H and O–H groups in total. The number of pyridine rings is 1. The van der Waals surface area contributed by atoms with Gasteiger partial charge < -0.3 is 9.13 Å². The molecule has 0 saturated carbocycles. The van der Waals surface area contributed by atoms with Crippen LogP contribution in [0, 0.1) is 12.8 Å². The largest absolute Gasteiger partial charge is 0.310 e. The summed E-state index contributed by atoms with van der Waals surface area (Å²) >= 11 is 0. The highest BCUT2D eigenvalue weighted by Gasteiger charge is 2.25. The van der Waals surface area contributed by atoms with Crippen molar-refractivity contribution < 1.29 is 0 Å². The zero-order valence-electron chi connectivity index (χ0n) is 29.4. The Balaban J connectivity index is 1.02. The summed E-state index contributed by atoms with van der Waals surface area (Å²) in [5, 5.41) is 3.84. The maximum absolute atomic E-state index is 4.83. The van der Waals surface area contributed by atoms with Crippen LogP contribution >= 0.6 is 0 Å². The second kappa shape index (κ2) is 12.2. The van der Waals surface area contributed by atoms with E-state index in [0.29, 0.717) is 5.92 Å². The molecule has 4 heterocycles. The summed E-state index contributed by atoms with van der Waals surface area (Å²) in [6.07, 6.45) is 11.6. The van der Waals surface area contributed by atoms with Gasteiger partial charge in [-0.15, -0.1) is 0 Å². The normalized spacial score (nSPS) is 15.6. The van der Waals surface area contributed by atoms with E-state index in [2.05, 4.69) is 156 Å². The van der Waals surface area contributed by atoms with Crippen molar-refractivity contribution >= 4 is 44.5 Å². The molecule has 10 rings (SSSR count). The fraction of sp³-hybridized carbons (Fsp3) is 0.125. The fourth-order valence-corrected chi connectivity index (χ4v) is 8.54. The molecule has 1 aliphatic carbocycles. The maximum atomic E-state index is 4.83. The molecule has 4 heteroatoms. The van der Waals surface area contributed by atoms with Crippen molar-refractivity contribution in [3.63, 3.8) is 0 Å². The molecule has 8 aromatic rings. The van der Waals surface area contributed by atoms with Gasteiger partial charge in [0.25, 0.3) is 0 Å². The van der Waals surface area contributed by atoms with Gasteiger partial charge in [-0.25, -0.2) is 0 Å².